The third kappa shape index (κ3) is 4.86. The SMILES string of the molecule is Cc1cc(C(=O)NC(CN2CCN(C)CC2)c2ccccc2)c(C)n1-c1cccnc1. The van der Waals surface area contributed by atoms with Crippen LogP contribution in [-0.4, -0.2) is 65.0 Å². The first-order chi connectivity index (χ1) is 15.0. The maximum Gasteiger partial charge on any atom is 0.253 e. The van der Waals surface area contributed by atoms with Crippen LogP contribution < -0.4 is 5.32 Å². The van der Waals surface area contributed by atoms with Crippen molar-refractivity contribution < 1.29 is 4.79 Å². The number of nitrogens with zero attached hydrogens (tertiary/aromatic N) is 4. The zero-order chi connectivity index (χ0) is 21.8. The Hall–Kier alpha value is -2.96. The van der Waals surface area contributed by atoms with E-state index in [2.05, 4.69) is 43.8 Å². The summed E-state index contributed by atoms with van der Waals surface area (Å²) in [6.45, 7) is 8.98. The van der Waals surface area contributed by atoms with Gasteiger partial charge in [-0.15, -0.1) is 0 Å². The number of amides is 1. The molecule has 0 spiro atoms. The van der Waals surface area contributed by atoms with Gasteiger partial charge in [0.25, 0.3) is 5.91 Å². The smallest absolute Gasteiger partial charge is 0.253 e. The first-order valence-electron chi connectivity index (χ1n) is 10.9. The average Bonchev–Trinajstić information content (AvgIpc) is 3.10. The summed E-state index contributed by atoms with van der Waals surface area (Å²) in [5, 5.41) is 3.32. The lowest BCUT2D eigenvalue weighted by Crippen LogP contribution is -2.47. The van der Waals surface area contributed by atoms with Gasteiger partial charge in [-0.25, -0.2) is 0 Å². The van der Waals surface area contributed by atoms with Crippen molar-refractivity contribution in [1.82, 2.24) is 24.7 Å². The second-order valence-corrected chi connectivity index (χ2v) is 8.37. The molecule has 0 saturated carbocycles. The maximum absolute atomic E-state index is 13.4. The van der Waals surface area contributed by atoms with Crippen molar-refractivity contribution in [1.29, 1.82) is 0 Å². The van der Waals surface area contributed by atoms with Gasteiger partial charge in [0, 0.05) is 50.3 Å². The molecule has 1 aliphatic heterocycles. The second-order valence-electron chi connectivity index (χ2n) is 8.37. The Morgan fingerprint density at radius 3 is 2.48 bits per heavy atom. The minimum atomic E-state index is -0.0569. The highest BCUT2D eigenvalue weighted by atomic mass is 16.1. The summed E-state index contributed by atoms with van der Waals surface area (Å²) >= 11 is 0. The van der Waals surface area contributed by atoms with Gasteiger partial charge < -0.3 is 14.8 Å². The van der Waals surface area contributed by atoms with Gasteiger partial charge in [-0.05, 0) is 44.7 Å². The second kappa shape index (κ2) is 9.45. The van der Waals surface area contributed by atoms with Crippen molar-refractivity contribution in [2.24, 2.45) is 0 Å². The van der Waals surface area contributed by atoms with Crippen molar-refractivity contribution in [3.8, 4) is 5.69 Å². The first kappa shape index (κ1) is 21.3. The lowest BCUT2D eigenvalue weighted by molar-refractivity contribution is 0.0906. The topological polar surface area (TPSA) is 53.4 Å². The van der Waals surface area contributed by atoms with E-state index in [4.69, 9.17) is 0 Å². The number of likely N-dealkylation sites (N-methyl/N-ethyl adjacent to an activating group) is 1. The van der Waals surface area contributed by atoms with Crippen molar-refractivity contribution >= 4 is 5.91 Å². The number of carbonyl (C=O) groups excluding carboxylic acids is 1. The summed E-state index contributed by atoms with van der Waals surface area (Å²) in [4.78, 5) is 22.4. The van der Waals surface area contributed by atoms with Crippen LogP contribution in [0.25, 0.3) is 5.69 Å². The van der Waals surface area contributed by atoms with Crippen molar-refractivity contribution in [2.45, 2.75) is 19.9 Å². The molecule has 1 N–H and O–H groups in total. The Bertz CT molecular complexity index is 1010. The molecule has 1 saturated heterocycles. The number of piperazine rings is 1. The summed E-state index contributed by atoms with van der Waals surface area (Å²) in [7, 11) is 2.16. The summed E-state index contributed by atoms with van der Waals surface area (Å²) < 4.78 is 2.08. The van der Waals surface area contributed by atoms with Crippen LogP contribution in [0.15, 0.2) is 60.9 Å². The number of benzene rings is 1. The van der Waals surface area contributed by atoms with E-state index < -0.39 is 0 Å². The molecule has 1 aliphatic rings. The van der Waals surface area contributed by atoms with Gasteiger partial charge >= 0.3 is 0 Å². The molecule has 3 aromatic rings. The fourth-order valence-corrected chi connectivity index (χ4v) is 4.32. The van der Waals surface area contributed by atoms with E-state index >= 15 is 0 Å². The number of carbonyl (C=O) groups is 1. The van der Waals surface area contributed by atoms with Gasteiger partial charge in [0.1, 0.15) is 0 Å². The molecule has 0 bridgehead atoms. The Morgan fingerprint density at radius 1 is 1.06 bits per heavy atom. The molecular weight excluding hydrogens is 386 g/mol. The molecule has 4 rings (SSSR count). The number of hydrogen-bond acceptors (Lipinski definition) is 4. The van der Waals surface area contributed by atoms with E-state index in [1.807, 2.05) is 56.4 Å². The van der Waals surface area contributed by atoms with E-state index in [1.54, 1.807) is 6.20 Å². The molecule has 1 aromatic carbocycles. The van der Waals surface area contributed by atoms with Gasteiger partial charge in [0.2, 0.25) is 0 Å². The molecule has 6 heteroatoms. The predicted octanol–water partition coefficient (Wildman–Crippen LogP) is 3.21. The average molecular weight is 418 g/mol. The zero-order valence-electron chi connectivity index (χ0n) is 18.6. The maximum atomic E-state index is 13.4. The van der Waals surface area contributed by atoms with Crippen LogP contribution in [0.3, 0.4) is 0 Å². The Labute approximate surface area is 184 Å². The standard InChI is InChI=1S/C25H31N5O/c1-19-16-23(20(2)30(19)22-10-7-11-26-17-22)25(31)27-24(21-8-5-4-6-9-21)18-29-14-12-28(3)13-15-29/h4-11,16-17,24H,12-15,18H2,1-3H3,(H,27,31). The number of hydrogen-bond donors (Lipinski definition) is 1. The van der Waals surface area contributed by atoms with Gasteiger partial charge in [-0.3, -0.25) is 14.7 Å². The molecule has 0 radical (unpaired) electrons. The number of aromatic nitrogens is 2. The van der Waals surface area contributed by atoms with Crippen molar-refractivity contribution in [3.05, 3.63) is 83.4 Å². The predicted molar refractivity (Wildman–Crippen MR) is 124 cm³/mol. The van der Waals surface area contributed by atoms with E-state index in [9.17, 15) is 4.79 Å². The molecule has 31 heavy (non-hydrogen) atoms. The normalized spacial score (nSPS) is 16.2. The Kier molecular flexibility index (Phi) is 6.49. The van der Waals surface area contributed by atoms with Gasteiger partial charge in [-0.1, -0.05) is 30.3 Å². The highest BCUT2D eigenvalue weighted by molar-refractivity contribution is 5.96. The van der Waals surface area contributed by atoms with E-state index in [0.717, 1.165) is 55.4 Å². The lowest BCUT2D eigenvalue weighted by Gasteiger charge is -2.35. The molecule has 0 aliphatic carbocycles. The Balaban J connectivity index is 1.56. The molecule has 1 fully saturated rings. The van der Waals surface area contributed by atoms with Crippen LogP contribution in [0, 0.1) is 13.8 Å². The molecule has 1 unspecified atom stereocenters. The fourth-order valence-electron chi connectivity index (χ4n) is 4.32. The van der Waals surface area contributed by atoms with Crippen molar-refractivity contribution in [3.63, 3.8) is 0 Å². The fraction of sp³-hybridized carbons (Fsp3) is 0.360. The number of rotatable bonds is 6. The van der Waals surface area contributed by atoms with Gasteiger partial charge in [0.15, 0.2) is 0 Å². The van der Waals surface area contributed by atoms with Crippen molar-refractivity contribution in [2.75, 3.05) is 39.8 Å². The Morgan fingerprint density at radius 2 is 1.81 bits per heavy atom. The molecule has 3 heterocycles. The largest absolute Gasteiger partial charge is 0.344 e. The molecule has 2 aromatic heterocycles. The van der Waals surface area contributed by atoms with Crippen LogP contribution >= 0.6 is 0 Å². The number of nitrogens with one attached hydrogen (secondary N) is 1. The number of pyridine rings is 1. The summed E-state index contributed by atoms with van der Waals surface area (Å²) in [5.41, 5.74) is 4.76. The van der Waals surface area contributed by atoms with Crippen LogP contribution in [0.4, 0.5) is 0 Å². The minimum absolute atomic E-state index is 0.0359. The van der Waals surface area contributed by atoms with Gasteiger partial charge in [0.05, 0.1) is 23.5 Å². The summed E-state index contributed by atoms with van der Waals surface area (Å²) in [5.74, 6) is -0.0359. The lowest BCUT2D eigenvalue weighted by atomic mass is 10.0. The van der Waals surface area contributed by atoms with E-state index in [1.165, 1.54) is 0 Å². The third-order valence-corrected chi connectivity index (χ3v) is 6.12. The molecular formula is C25H31N5O. The van der Waals surface area contributed by atoms with Gasteiger partial charge in [-0.2, -0.15) is 0 Å². The first-order valence-corrected chi connectivity index (χ1v) is 10.9. The highest BCUT2D eigenvalue weighted by Crippen LogP contribution is 2.22. The molecule has 1 amide bonds. The highest BCUT2D eigenvalue weighted by Gasteiger charge is 2.24. The summed E-state index contributed by atoms with van der Waals surface area (Å²) in [6, 6.07) is 16.1. The van der Waals surface area contributed by atoms with Crippen LogP contribution in [0.2, 0.25) is 0 Å². The molecule has 1 atom stereocenters. The minimum Gasteiger partial charge on any atom is -0.344 e. The summed E-state index contributed by atoms with van der Waals surface area (Å²) in [6.07, 6.45) is 3.58. The quantitative estimate of drug-likeness (QED) is 0.669. The third-order valence-electron chi connectivity index (χ3n) is 6.12. The zero-order valence-corrected chi connectivity index (χ0v) is 18.6. The van der Waals surface area contributed by atoms with E-state index in [-0.39, 0.29) is 11.9 Å². The van der Waals surface area contributed by atoms with Crippen LogP contribution in [-0.2, 0) is 0 Å². The van der Waals surface area contributed by atoms with Crippen LogP contribution in [0.1, 0.15) is 33.4 Å². The molecule has 162 valence electrons. The van der Waals surface area contributed by atoms with Crippen LogP contribution in [0.5, 0.6) is 0 Å². The number of aryl methyl sites for hydroxylation is 1. The monoisotopic (exact) mass is 417 g/mol. The van der Waals surface area contributed by atoms with E-state index in [0.29, 0.717) is 5.56 Å². The molecule has 6 nitrogen and oxygen atoms in total.